The number of aromatic nitrogens is 3. The summed E-state index contributed by atoms with van der Waals surface area (Å²) in [5.41, 5.74) is 1.29. The van der Waals surface area contributed by atoms with Crippen LogP contribution < -0.4 is 0 Å². The predicted molar refractivity (Wildman–Crippen MR) is 99.0 cm³/mol. The second-order valence-electron chi connectivity index (χ2n) is 7.14. The van der Waals surface area contributed by atoms with E-state index in [9.17, 15) is 4.79 Å². The molecule has 0 bridgehead atoms. The molecule has 2 aromatic rings. The molecule has 1 fully saturated rings. The van der Waals surface area contributed by atoms with Gasteiger partial charge < -0.3 is 9.47 Å². The number of carbonyl (C=O) groups is 1. The normalized spacial score (nSPS) is 20.6. The number of nitrogens with zero attached hydrogens (tertiary/aromatic N) is 4. The van der Waals surface area contributed by atoms with Crippen LogP contribution in [0.3, 0.4) is 0 Å². The molecule has 0 N–H and O–H groups in total. The average Bonchev–Trinajstić information content (AvgIpc) is 3.29. The summed E-state index contributed by atoms with van der Waals surface area (Å²) in [6.45, 7) is 6.08. The molecule has 1 atom stereocenters. The zero-order chi connectivity index (χ0) is 17.4. The van der Waals surface area contributed by atoms with E-state index < -0.39 is 0 Å². The SMILES string of the molecule is CCc1cc(C(=O)N2CCCC2c2nnc3n2CCCCC3)sc1C. The third-order valence-electron chi connectivity index (χ3n) is 5.56. The monoisotopic (exact) mass is 358 g/mol. The van der Waals surface area contributed by atoms with Crippen molar-refractivity contribution in [3.8, 4) is 0 Å². The molecule has 0 spiro atoms. The van der Waals surface area contributed by atoms with Gasteiger partial charge in [-0.2, -0.15) is 0 Å². The van der Waals surface area contributed by atoms with Crippen LogP contribution in [0.25, 0.3) is 0 Å². The molecule has 0 aliphatic carbocycles. The van der Waals surface area contributed by atoms with Gasteiger partial charge in [-0.15, -0.1) is 21.5 Å². The highest BCUT2D eigenvalue weighted by Crippen LogP contribution is 2.35. The van der Waals surface area contributed by atoms with E-state index in [2.05, 4.69) is 34.7 Å². The van der Waals surface area contributed by atoms with Crippen molar-refractivity contribution in [1.29, 1.82) is 0 Å². The lowest BCUT2D eigenvalue weighted by Gasteiger charge is -2.24. The summed E-state index contributed by atoms with van der Waals surface area (Å²) in [6.07, 6.45) is 7.67. The minimum absolute atomic E-state index is 0.0827. The van der Waals surface area contributed by atoms with Crippen LogP contribution in [0, 0.1) is 6.92 Å². The van der Waals surface area contributed by atoms with Gasteiger partial charge in [0.15, 0.2) is 5.82 Å². The van der Waals surface area contributed by atoms with Crippen molar-refractivity contribution in [2.75, 3.05) is 6.54 Å². The molecule has 0 saturated carbocycles. The Morgan fingerprint density at radius 2 is 2.12 bits per heavy atom. The quantitative estimate of drug-likeness (QED) is 0.836. The summed E-state index contributed by atoms with van der Waals surface area (Å²) in [4.78, 5) is 17.3. The second-order valence-corrected chi connectivity index (χ2v) is 8.40. The molecular formula is C19H26N4OS. The van der Waals surface area contributed by atoms with Gasteiger partial charge >= 0.3 is 0 Å². The number of hydrogen-bond acceptors (Lipinski definition) is 4. The molecule has 25 heavy (non-hydrogen) atoms. The van der Waals surface area contributed by atoms with Gasteiger partial charge in [0.1, 0.15) is 5.82 Å². The summed E-state index contributed by atoms with van der Waals surface area (Å²) >= 11 is 1.63. The molecule has 2 aliphatic rings. The Morgan fingerprint density at radius 1 is 1.24 bits per heavy atom. The minimum Gasteiger partial charge on any atom is -0.328 e. The van der Waals surface area contributed by atoms with E-state index in [0.29, 0.717) is 0 Å². The lowest BCUT2D eigenvalue weighted by molar-refractivity contribution is 0.0732. The first kappa shape index (κ1) is 16.8. The fraction of sp³-hybridized carbons (Fsp3) is 0.632. The molecule has 4 heterocycles. The van der Waals surface area contributed by atoms with Crippen molar-refractivity contribution in [1.82, 2.24) is 19.7 Å². The van der Waals surface area contributed by atoms with E-state index in [-0.39, 0.29) is 11.9 Å². The zero-order valence-corrected chi connectivity index (χ0v) is 15.9. The van der Waals surface area contributed by atoms with Gasteiger partial charge in [0.05, 0.1) is 10.9 Å². The molecule has 0 aromatic carbocycles. The molecular weight excluding hydrogens is 332 g/mol. The first-order valence-electron chi connectivity index (χ1n) is 9.51. The summed E-state index contributed by atoms with van der Waals surface area (Å²) < 4.78 is 2.29. The summed E-state index contributed by atoms with van der Waals surface area (Å²) in [6, 6.07) is 2.17. The molecule has 134 valence electrons. The fourth-order valence-electron chi connectivity index (χ4n) is 4.15. The van der Waals surface area contributed by atoms with Crippen molar-refractivity contribution in [2.24, 2.45) is 0 Å². The molecule has 6 heteroatoms. The summed E-state index contributed by atoms with van der Waals surface area (Å²) in [7, 11) is 0. The molecule has 1 amide bonds. The predicted octanol–water partition coefficient (Wildman–Crippen LogP) is 3.91. The number of rotatable bonds is 3. The Kier molecular flexibility index (Phi) is 4.63. The smallest absolute Gasteiger partial charge is 0.264 e. The van der Waals surface area contributed by atoms with Gasteiger partial charge in [0.2, 0.25) is 0 Å². The van der Waals surface area contributed by atoms with E-state index in [1.54, 1.807) is 11.3 Å². The van der Waals surface area contributed by atoms with Gasteiger partial charge in [-0.05, 0) is 50.7 Å². The van der Waals surface area contributed by atoms with Crippen LogP contribution in [0.1, 0.15) is 76.8 Å². The lowest BCUT2D eigenvalue weighted by atomic mass is 10.2. The van der Waals surface area contributed by atoms with Crippen LogP contribution in [-0.2, 0) is 19.4 Å². The highest BCUT2D eigenvalue weighted by molar-refractivity contribution is 7.14. The number of thiophene rings is 1. The largest absolute Gasteiger partial charge is 0.328 e. The Labute approximate surface area is 153 Å². The third-order valence-corrected chi connectivity index (χ3v) is 6.64. The summed E-state index contributed by atoms with van der Waals surface area (Å²) in [5, 5.41) is 8.95. The number of aryl methyl sites for hydroxylation is 3. The maximum Gasteiger partial charge on any atom is 0.264 e. The van der Waals surface area contributed by atoms with Crippen molar-refractivity contribution in [2.45, 2.75) is 71.4 Å². The van der Waals surface area contributed by atoms with E-state index in [1.165, 1.54) is 29.7 Å². The Balaban J connectivity index is 1.62. The van der Waals surface area contributed by atoms with Gasteiger partial charge in [-0.25, -0.2) is 0 Å². The van der Waals surface area contributed by atoms with Crippen LogP contribution in [0.15, 0.2) is 6.07 Å². The Hall–Kier alpha value is -1.69. The van der Waals surface area contributed by atoms with Crippen LogP contribution >= 0.6 is 11.3 Å². The van der Waals surface area contributed by atoms with Gasteiger partial charge in [-0.3, -0.25) is 4.79 Å². The number of amides is 1. The van der Waals surface area contributed by atoms with Crippen LogP contribution in [0.2, 0.25) is 0 Å². The van der Waals surface area contributed by atoms with Crippen LogP contribution in [0.4, 0.5) is 0 Å². The third kappa shape index (κ3) is 3.01. The fourth-order valence-corrected chi connectivity index (χ4v) is 5.22. The molecule has 2 aliphatic heterocycles. The standard InChI is InChI=1S/C19H26N4OS/c1-3-14-12-16(25-13(14)2)19(24)22-11-7-8-15(22)18-21-20-17-9-5-4-6-10-23(17)18/h12,15H,3-11H2,1-2H3. The molecule has 5 nitrogen and oxygen atoms in total. The number of hydrogen-bond donors (Lipinski definition) is 0. The van der Waals surface area contributed by atoms with E-state index in [0.717, 1.165) is 55.3 Å². The average molecular weight is 359 g/mol. The van der Waals surface area contributed by atoms with Crippen LogP contribution in [-0.4, -0.2) is 32.1 Å². The van der Waals surface area contributed by atoms with Gasteiger partial charge in [0, 0.05) is 24.4 Å². The Bertz CT molecular complexity index is 778. The maximum atomic E-state index is 13.1. The molecule has 1 unspecified atom stereocenters. The first-order chi connectivity index (χ1) is 12.2. The highest BCUT2D eigenvalue weighted by atomic mass is 32.1. The van der Waals surface area contributed by atoms with Crippen molar-refractivity contribution in [3.63, 3.8) is 0 Å². The zero-order valence-electron chi connectivity index (χ0n) is 15.1. The van der Waals surface area contributed by atoms with Gasteiger partial charge in [0.25, 0.3) is 5.91 Å². The highest BCUT2D eigenvalue weighted by Gasteiger charge is 2.35. The molecule has 0 radical (unpaired) electrons. The molecule has 1 saturated heterocycles. The Morgan fingerprint density at radius 3 is 2.92 bits per heavy atom. The van der Waals surface area contributed by atoms with Crippen molar-refractivity contribution >= 4 is 17.2 Å². The summed E-state index contributed by atoms with van der Waals surface area (Å²) in [5.74, 6) is 2.28. The molecule has 4 rings (SSSR count). The lowest BCUT2D eigenvalue weighted by Crippen LogP contribution is -2.31. The topological polar surface area (TPSA) is 51.0 Å². The minimum atomic E-state index is 0.0827. The number of likely N-dealkylation sites (tertiary alicyclic amines) is 1. The second kappa shape index (κ2) is 6.90. The van der Waals surface area contributed by atoms with E-state index in [1.807, 2.05) is 4.90 Å². The van der Waals surface area contributed by atoms with Crippen molar-refractivity contribution < 1.29 is 4.79 Å². The van der Waals surface area contributed by atoms with Crippen molar-refractivity contribution in [3.05, 3.63) is 33.0 Å². The van der Waals surface area contributed by atoms with Gasteiger partial charge in [-0.1, -0.05) is 13.3 Å². The van der Waals surface area contributed by atoms with E-state index >= 15 is 0 Å². The maximum absolute atomic E-state index is 13.1. The molecule has 2 aromatic heterocycles. The van der Waals surface area contributed by atoms with Crippen LogP contribution in [0.5, 0.6) is 0 Å². The first-order valence-corrected chi connectivity index (χ1v) is 10.3. The number of carbonyl (C=O) groups excluding carboxylic acids is 1. The number of fused-ring (bicyclic) bond motifs is 1. The van der Waals surface area contributed by atoms with E-state index in [4.69, 9.17) is 0 Å².